The van der Waals surface area contributed by atoms with E-state index < -0.39 is 0 Å². The number of hydrogen-bond donors (Lipinski definition) is 2. The molecule has 156 valence electrons. The van der Waals surface area contributed by atoms with Crippen LogP contribution in [0.3, 0.4) is 0 Å². The third-order valence-electron chi connectivity index (χ3n) is 5.16. The van der Waals surface area contributed by atoms with Crippen molar-refractivity contribution in [1.29, 1.82) is 0 Å². The highest BCUT2D eigenvalue weighted by Crippen LogP contribution is 2.31. The number of guanidine groups is 1. The fourth-order valence-corrected chi connectivity index (χ4v) is 3.67. The van der Waals surface area contributed by atoms with Crippen LogP contribution in [0.4, 0.5) is 10.1 Å². The van der Waals surface area contributed by atoms with Crippen molar-refractivity contribution in [2.24, 2.45) is 10.9 Å². The molecule has 2 aromatic carbocycles. The van der Waals surface area contributed by atoms with Gasteiger partial charge < -0.3 is 20.3 Å². The van der Waals surface area contributed by atoms with Gasteiger partial charge in [0.25, 0.3) is 0 Å². The minimum absolute atomic E-state index is 0.191. The van der Waals surface area contributed by atoms with Crippen molar-refractivity contribution < 1.29 is 9.13 Å². The summed E-state index contributed by atoms with van der Waals surface area (Å²) in [5.74, 6) is 2.06. The lowest BCUT2D eigenvalue weighted by atomic mass is 10.1. The summed E-state index contributed by atoms with van der Waals surface area (Å²) in [5, 5.41) is 6.65. The van der Waals surface area contributed by atoms with Crippen LogP contribution in [0, 0.1) is 11.7 Å². The number of rotatable bonds is 8. The second-order valence-corrected chi connectivity index (χ2v) is 7.30. The van der Waals surface area contributed by atoms with Gasteiger partial charge in [0.2, 0.25) is 0 Å². The third-order valence-corrected chi connectivity index (χ3v) is 5.16. The molecule has 0 amide bonds. The van der Waals surface area contributed by atoms with Crippen LogP contribution in [-0.4, -0.2) is 45.8 Å². The Bertz CT molecular complexity index is 811. The quantitative estimate of drug-likeness (QED) is 0.528. The van der Waals surface area contributed by atoms with Crippen LogP contribution in [0.2, 0.25) is 0 Å². The average Bonchev–Trinajstić information content (AvgIpc) is 3.21. The predicted molar refractivity (Wildman–Crippen MR) is 117 cm³/mol. The van der Waals surface area contributed by atoms with Crippen molar-refractivity contribution in [3.8, 4) is 5.75 Å². The van der Waals surface area contributed by atoms with E-state index in [0.717, 1.165) is 62.0 Å². The van der Waals surface area contributed by atoms with Crippen molar-refractivity contribution >= 4 is 11.6 Å². The first-order valence-corrected chi connectivity index (χ1v) is 10.3. The van der Waals surface area contributed by atoms with Crippen molar-refractivity contribution in [1.82, 2.24) is 10.6 Å². The zero-order valence-corrected chi connectivity index (χ0v) is 17.3. The van der Waals surface area contributed by atoms with Crippen LogP contribution < -0.4 is 20.3 Å². The first-order valence-electron chi connectivity index (χ1n) is 10.3. The Morgan fingerprint density at radius 1 is 1.21 bits per heavy atom. The Labute approximate surface area is 173 Å². The van der Waals surface area contributed by atoms with E-state index in [9.17, 15) is 4.39 Å². The molecule has 1 saturated heterocycles. The molecule has 1 aliphatic rings. The summed E-state index contributed by atoms with van der Waals surface area (Å²) in [6.07, 6.45) is 1.87. The lowest BCUT2D eigenvalue weighted by Crippen LogP contribution is -2.38. The zero-order valence-electron chi connectivity index (χ0n) is 17.3. The van der Waals surface area contributed by atoms with E-state index in [1.54, 1.807) is 19.2 Å². The summed E-state index contributed by atoms with van der Waals surface area (Å²) < 4.78 is 18.8. The van der Waals surface area contributed by atoms with Crippen molar-refractivity contribution in [2.45, 2.75) is 19.8 Å². The molecule has 1 heterocycles. The number of aliphatic imine (C=N–C) groups is 1. The minimum Gasteiger partial charge on any atom is -0.495 e. The lowest BCUT2D eigenvalue weighted by Gasteiger charge is -2.21. The number of hydrogen-bond acceptors (Lipinski definition) is 3. The molecule has 1 atom stereocenters. The Morgan fingerprint density at radius 2 is 2.07 bits per heavy atom. The van der Waals surface area contributed by atoms with Gasteiger partial charge >= 0.3 is 0 Å². The van der Waals surface area contributed by atoms with E-state index in [0.29, 0.717) is 12.5 Å². The number of nitrogens with one attached hydrogen (secondary N) is 2. The smallest absolute Gasteiger partial charge is 0.191 e. The van der Waals surface area contributed by atoms with Crippen LogP contribution in [0.5, 0.6) is 5.75 Å². The highest BCUT2D eigenvalue weighted by atomic mass is 19.1. The predicted octanol–water partition coefficient (Wildman–Crippen LogP) is 3.46. The number of halogens is 1. The molecule has 2 aromatic rings. The zero-order chi connectivity index (χ0) is 20.5. The van der Waals surface area contributed by atoms with E-state index in [1.807, 2.05) is 18.2 Å². The van der Waals surface area contributed by atoms with Crippen LogP contribution in [0.25, 0.3) is 0 Å². The molecule has 0 saturated carbocycles. The maximum absolute atomic E-state index is 13.3. The van der Waals surface area contributed by atoms with Gasteiger partial charge in [-0.2, -0.15) is 0 Å². The number of para-hydroxylation sites is 2. The first-order chi connectivity index (χ1) is 14.2. The average molecular weight is 399 g/mol. The molecule has 0 aliphatic carbocycles. The number of ether oxygens (including phenoxy) is 1. The van der Waals surface area contributed by atoms with Gasteiger partial charge in [0.1, 0.15) is 11.6 Å². The molecule has 3 rings (SSSR count). The largest absolute Gasteiger partial charge is 0.495 e. The normalized spacial score (nSPS) is 16.7. The number of anilines is 1. The van der Waals surface area contributed by atoms with E-state index in [2.05, 4.69) is 34.6 Å². The van der Waals surface area contributed by atoms with Gasteiger partial charge in [-0.05, 0) is 55.5 Å². The summed E-state index contributed by atoms with van der Waals surface area (Å²) in [6.45, 7) is 6.36. The van der Waals surface area contributed by atoms with Gasteiger partial charge in [0, 0.05) is 32.7 Å². The van der Waals surface area contributed by atoms with Gasteiger partial charge in [-0.3, -0.25) is 4.99 Å². The van der Waals surface area contributed by atoms with Crippen LogP contribution in [0.15, 0.2) is 53.5 Å². The van der Waals surface area contributed by atoms with E-state index >= 15 is 0 Å². The number of nitrogens with zero attached hydrogens (tertiary/aromatic N) is 2. The summed E-state index contributed by atoms with van der Waals surface area (Å²) in [7, 11) is 1.72. The number of methoxy groups -OCH3 is 1. The Kier molecular flexibility index (Phi) is 7.73. The minimum atomic E-state index is -0.191. The molecule has 0 aromatic heterocycles. The molecule has 2 N–H and O–H groups in total. The molecule has 1 fully saturated rings. The summed E-state index contributed by atoms with van der Waals surface area (Å²) in [5.41, 5.74) is 2.14. The molecule has 0 radical (unpaired) electrons. The molecule has 0 bridgehead atoms. The SMILES string of the molecule is CCNC(=NCC1CCN(c2ccccc2OC)C1)NCCc1cccc(F)c1. The van der Waals surface area contributed by atoms with Gasteiger partial charge in [-0.15, -0.1) is 0 Å². The van der Waals surface area contributed by atoms with Crippen LogP contribution in [-0.2, 0) is 6.42 Å². The van der Waals surface area contributed by atoms with Gasteiger partial charge in [-0.25, -0.2) is 4.39 Å². The second-order valence-electron chi connectivity index (χ2n) is 7.30. The maximum atomic E-state index is 13.3. The summed E-state index contributed by atoms with van der Waals surface area (Å²) >= 11 is 0. The molecule has 0 spiro atoms. The Morgan fingerprint density at radius 3 is 2.86 bits per heavy atom. The van der Waals surface area contributed by atoms with Gasteiger partial charge in [-0.1, -0.05) is 24.3 Å². The Hall–Kier alpha value is -2.76. The van der Waals surface area contributed by atoms with E-state index in [-0.39, 0.29) is 5.82 Å². The fourth-order valence-electron chi connectivity index (χ4n) is 3.67. The first kappa shape index (κ1) is 21.0. The highest BCUT2D eigenvalue weighted by Gasteiger charge is 2.24. The Balaban J connectivity index is 1.51. The summed E-state index contributed by atoms with van der Waals surface area (Å²) in [6, 6.07) is 14.9. The second kappa shape index (κ2) is 10.7. The molecule has 1 aliphatic heterocycles. The van der Waals surface area contributed by atoms with Gasteiger partial charge in [0.15, 0.2) is 5.96 Å². The molecular weight excluding hydrogens is 367 g/mol. The highest BCUT2D eigenvalue weighted by molar-refractivity contribution is 5.79. The topological polar surface area (TPSA) is 48.9 Å². The maximum Gasteiger partial charge on any atom is 0.191 e. The molecule has 6 heteroatoms. The number of benzene rings is 2. The van der Waals surface area contributed by atoms with Gasteiger partial charge in [0.05, 0.1) is 12.8 Å². The molecule has 5 nitrogen and oxygen atoms in total. The monoisotopic (exact) mass is 398 g/mol. The van der Waals surface area contributed by atoms with Crippen molar-refractivity contribution in [3.05, 3.63) is 59.9 Å². The van der Waals surface area contributed by atoms with Crippen molar-refractivity contribution in [2.75, 3.05) is 44.7 Å². The van der Waals surface area contributed by atoms with E-state index in [1.165, 1.54) is 6.07 Å². The summed E-state index contributed by atoms with van der Waals surface area (Å²) in [4.78, 5) is 7.16. The molecular formula is C23H31FN4O. The molecule has 29 heavy (non-hydrogen) atoms. The standard InChI is InChI=1S/C23H31FN4O/c1-3-25-23(26-13-11-18-7-6-8-20(24)15-18)27-16-19-12-14-28(17-19)21-9-4-5-10-22(21)29-2/h4-10,15,19H,3,11-14,16-17H2,1-2H3,(H2,25,26,27). The van der Waals surface area contributed by atoms with Crippen molar-refractivity contribution in [3.63, 3.8) is 0 Å². The fraction of sp³-hybridized carbons (Fsp3) is 0.435. The third kappa shape index (κ3) is 6.11. The lowest BCUT2D eigenvalue weighted by molar-refractivity contribution is 0.414. The molecule has 1 unspecified atom stereocenters. The van der Waals surface area contributed by atoms with E-state index in [4.69, 9.17) is 9.73 Å². The van der Waals surface area contributed by atoms with Crippen LogP contribution in [0.1, 0.15) is 18.9 Å². The van der Waals surface area contributed by atoms with Crippen LogP contribution >= 0.6 is 0 Å².